The molecular weight excluding hydrogens is 190 g/mol. The number of rotatable bonds is 3. The molecule has 3 heteroatoms. The van der Waals surface area contributed by atoms with Crippen LogP contribution in [0.15, 0.2) is 36.5 Å². The second kappa shape index (κ2) is 4.00. The first kappa shape index (κ1) is 9.52. The molecule has 0 fully saturated rings. The fourth-order valence-electron chi connectivity index (χ4n) is 1.44. The number of fused-ring (bicyclic) bond motifs is 1. The third-order valence-corrected chi connectivity index (χ3v) is 2.19. The van der Waals surface area contributed by atoms with Crippen LogP contribution in [-0.4, -0.2) is 17.1 Å². The third kappa shape index (κ3) is 1.91. The summed E-state index contributed by atoms with van der Waals surface area (Å²) in [6.07, 6.45) is 2.26. The fourth-order valence-corrected chi connectivity index (χ4v) is 1.44. The van der Waals surface area contributed by atoms with Crippen molar-refractivity contribution in [2.75, 3.05) is 0 Å². The Kier molecular flexibility index (Phi) is 2.54. The molecule has 0 atom stereocenters. The van der Waals surface area contributed by atoms with E-state index < -0.39 is 0 Å². The highest BCUT2D eigenvalue weighted by atomic mass is 16.1. The Labute approximate surface area is 86.8 Å². The zero-order chi connectivity index (χ0) is 10.7. The van der Waals surface area contributed by atoms with Crippen LogP contribution < -0.4 is 0 Å². The van der Waals surface area contributed by atoms with Gasteiger partial charge in [0.15, 0.2) is 5.78 Å². The second-order valence-electron chi connectivity index (χ2n) is 3.20. The molecule has 74 valence electrons. The maximum Gasteiger partial charge on any atom is 0.169 e. The van der Waals surface area contributed by atoms with Gasteiger partial charge in [-0.2, -0.15) is 0 Å². The summed E-state index contributed by atoms with van der Waals surface area (Å²) >= 11 is 0. The van der Waals surface area contributed by atoms with Crippen LogP contribution in [0.5, 0.6) is 0 Å². The van der Waals surface area contributed by atoms with Crippen molar-refractivity contribution in [3.8, 4) is 0 Å². The highest BCUT2D eigenvalue weighted by Gasteiger charge is 2.05. The monoisotopic (exact) mass is 199 g/mol. The van der Waals surface area contributed by atoms with E-state index >= 15 is 0 Å². The molecule has 0 bridgehead atoms. The molecule has 1 aromatic heterocycles. The molecule has 0 spiro atoms. The first-order valence-electron chi connectivity index (χ1n) is 4.63. The van der Waals surface area contributed by atoms with E-state index in [-0.39, 0.29) is 12.2 Å². The van der Waals surface area contributed by atoms with Gasteiger partial charge in [0.1, 0.15) is 6.29 Å². The standard InChI is InChI=1S/C12H9NO2/c14-7-5-12(15)10-3-4-11-9(8-10)2-1-6-13-11/h1-4,6-8H,5H2. The number of hydrogen-bond donors (Lipinski definition) is 0. The van der Waals surface area contributed by atoms with Crippen LogP contribution in [0.2, 0.25) is 0 Å². The molecule has 1 heterocycles. The van der Waals surface area contributed by atoms with Crippen LogP contribution in [-0.2, 0) is 4.79 Å². The zero-order valence-corrected chi connectivity index (χ0v) is 8.01. The summed E-state index contributed by atoms with van der Waals surface area (Å²) < 4.78 is 0. The second-order valence-corrected chi connectivity index (χ2v) is 3.20. The van der Waals surface area contributed by atoms with Crippen molar-refractivity contribution in [3.05, 3.63) is 42.1 Å². The smallest absolute Gasteiger partial charge is 0.169 e. The van der Waals surface area contributed by atoms with Crippen LogP contribution in [0.1, 0.15) is 16.8 Å². The Morgan fingerprint density at radius 1 is 1.33 bits per heavy atom. The SMILES string of the molecule is O=CCC(=O)c1ccc2ncccc2c1. The van der Waals surface area contributed by atoms with Gasteiger partial charge in [0.25, 0.3) is 0 Å². The number of benzene rings is 1. The van der Waals surface area contributed by atoms with Crippen molar-refractivity contribution >= 4 is 23.0 Å². The predicted molar refractivity (Wildman–Crippen MR) is 56.8 cm³/mol. The summed E-state index contributed by atoms with van der Waals surface area (Å²) in [5.41, 5.74) is 1.41. The molecule has 0 amide bonds. The molecule has 0 saturated carbocycles. The quantitative estimate of drug-likeness (QED) is 0.431. The lowest BCUT2D eigenvalue weighted by Gasteiger charge is -1.99. The minimum absolute atomic E-state index is 0.0637. The lowest BCUT2D eigenvalue weighted by molar-refractivity contribution is -0.107. The average molecular weight is 199 g/mol. The minimum Gasteiger partial charge on any atom is -0.303 e. The molecule has 0 N–H and O–H groups in total. The summed E-state index contributed by atoms with van der Waals surface area (Å²) in [7, 11) is 0. The van der Waals surface area contributed by atoms with Crippen LogP contribution in [0, 0.1) is 0 Å². The van der Waals surface area contributed by atoms with E-state index in [4.69, 9.17) is 0 Å². The molecule has 3 nitrogen and oxygen atoms in total. The normalized spacial score (nSPS) is 10.1. The van der Waals surface area contributed by atoms with E-state index in [0.29, 0.717) is 11.8 Å². The van der Waals surface area contributed by atoms with Gasteiger partial charge in [-0.1, -0.05) is 6.07 Å². The van der Waals surface area contributed by atoms with Gasteiger partial charge in [-0.3, -0.25) is 9.78 Å². The maximum atomic E-state index is 11.4. The van der Waals surface area contributed by atoms with E-state index in [2.05, 4.69) is 4.98 Å². The highest BCUT2D eigenvalue weighted by Crippen LogP contribution is 2.14. The number of hydrogen-bond acceptors (Lipinski definition) is 3. The van der Waals surface area contributed by atoms with Crippen molar-refractivity contribution in [2.24, 2.45) is 0 Å². The Morgan fingerprint density at radius 2 is 2.20 bits per heavy atom. The predicted octanol–water partition coefficient (Wildman–Crippen LogP) is 2.01. The number of aromatic nitrogens is 1. The van der Waals surface area contributed by atoms with Gasteiger partial charge < -0.3 is 4.79 Å². The van der Waals surface area contributed by atoms with E-state index in [9.17, 15) is 9.59 Å². The molecule has 2 aromatic rings. The van der Waals surface area contributed by atoms with Gasteiger partial charge in [-0.05, 0) is 24.3 Å². The van der Waals surface area contributed by atoms with Gasteiger partial charge in [-0.25, -0.2) is 0 Å². The number of carbonyl (C=O) groups is 2. The van der Waals surface area contributed by atoms with Gasteiger partial charge in [0, 0.05) is 17.1 Å². The molecule has 0 aliphatic rings. The first-order valence-corrected chi connectivity index (χ1v) is 4.63. The van der Waals surface area contributed by atoms with Gasteiger partial charge in [-0.15, -0.1) is 0 Å². The first-order chi connectivity index (χ1) is 7.31. The summed E-state index contributed by atoms with van der Waals surface area (Å²) in [5, 5.41) is 0.911. The molecule has 0 radical (unpaired) electrons. The molecule has 0 aliphatic carbocycles. The lowest BCUT2D eigenvalue weighted by Crippen LogP contribution is -1.99. The summed E-state index contributed by atoms with van der Waals surface area (Å²) in [5.74, 6) is -0.157. The number of Topliss-reactive ketones (excluding diaryl/α,β-unsaturated/α-hetero) is 1. The van der Waals surface area contributed by atoms with Crippen molar-refractivity contribution in [1.29, 1.82) is 0 Å². The van der Waals surface area contributed by atoms with Gasteiger partial charge in [0.2, 0.25) is 0 Å². The lowest BCUT2D eigenvalue weighted by atomic mass is 10.1. The fraction of sp³-hybridized carbons (Fsp3) is 0.0833. The van der Waals surface area contributed by atoms with Gasteiger partial charge >= 0.3 is 0 Å². The minimum atomic E-state index is -0.157. The Balaban J connectivity index is 2.46. The van der Waals surface area contributed by atoms with E-state index in [1.165, 1.54) is 0 Å². The molecule has 15 heavy (non-hydrogen) atoms. The van der Waals surface area contributed by atoms with Crippen LogP contribution in [0.4, 0.5) is 0 Å². The van der Waals surface area contributed by atoms with Crippen LogP contribution in [0.3, 0.4) is 0 Å². The molecule has 0 saturated heterocycles. The molecular formula is C12H9NO2. The number of nitrogens with zero attached hydrogens (tertiary/aromatic N) is 1. The summed E-state index contributed by atoms with van der Waals surface area (Å²) in [6, 6.07) is 8.94. The Bertz CT molecular complexity index is 520. The number of pyridine rings is 1. The van der Waals surface area contributed by atoms with E-state index in [1.54, 1.807) is 24.4 Å². The molecule has 0 unspecified atom stereocenters. The van der Waals surface area contributed by atoms with Gasteiger partial charge in [0.05, 0.1) is 11.9 Å². The maximum absolute atomic E-state index is 11.4. The van der Waals surface area contributed by atoms with E-state index in [0.717, 1.165) is 10.9 Å². The van der Waals surface area contributed by atoms with Crippen LogP contribution >= 0.6 is 0 Å². The van der Waals surface area contributed by atoms with E-state index in [1.807, 2.05) is 12.1 Å². The topological polar surface area (TPSA) is 47.0 Å². The molecule has 2 rings (SSSR count). The molecule has 0 aliphatic heterocycles. The van der Waals surface area contributed by atoms with Crippen molar-refractivity contribution in [2.45, 2.75) is 6.42 Å². The third-order valence-electron chi connectivity index (χ3n) is 2.19. The average Bonchev–Trinajstić information content (AvgIpc) is 2.29. The van der Waals surface area contributed by atoms with Crippen molar-refractivity contribution in [3.63, 3.8) is 0 Å². The number of ketones is 1. The Hall–Kier alpha value is -2.03. The number of carbonyl (C=O) groups excluding carboxylic acids is 2. The summed E-state index contributed by atoms with van der Waals surface area (Å²) in [6.45, 7) is 0. The highest BCUT2D eigenvalue weighted by molar-refractivity contribution is 6.04. The summed E-state index contributed by atoms with van der Waals surface area (Å²) in [4.78, 5) is 25.8. The van der Waals surface area contributed by atoms with Crippen molar-refractivity contribution in [1.82, 2.24) is 4.98 Å². The molecule has 1 aromatic carbocycles. The van der Waals surface area contributed by atoms with Crippen LogP contribution in [0.25, 0.3) is 10.9 Å². The van der Waals surface area contributed by atoms with Crippen molar-refractivity contribution < 1.29 is 9.59 Å². The zero-order valence-electron chi connectivity index (χ0n) is 8.01. The largest absolute Gasteiger partial charge is 0.303 e. The number of aldehydes is 1. The Morgan fingerprint density at radius 3 is 3.00 bits per heavy atom.